The number of anilines is 1. The zero-order valence-electron chi connectivity index (χ0n) is 9.87. The minimum absolute atomic E-state index is 0.0969. The van der Waals surface area contributed by atoms with Crippen LogP contribution in [0.4, 0.5) is 14.7 Å². The fraction of sp³-hybridized carbons (Fsp3) is 0. The van der Waals surface area contributed by atoms with Gasteiger partial charge in [0.15, 0.2) is 0 Å². The van der Waals surface area contributed by atoms with Gasteiger partial charge in [-0.15, -0.1) is 0 Å². The number of benzene rings is 2. The van der Waals surface area contributed by atoms with Crippen LogP contribution in [0.15, 0.2) is 34.8 Å². The van der Waals surface area contributed by atoms with Gasteiger partial charge in [0.25, 0.3) is 0 Å². The zero-order chi connectivity index (χ0) is 14.4. The summed E-state index contributed by atoms with van der Waals surface area (Å²) < 4.78 is 28.8. The van der Waals surface area contributed by atoms with E-state index in [1.54, 1.807) is 18.2 Å². The molecule has 0 aliphatic heterocycles. The molecule has 0 unspecified atom stereocenters. The van der Waals surface area contributed by atoms with Gasteiger partial charge in [-0.05, 0) is 40.2 Å². The smallest absolute Gasteiger partial charge is 0.206 e. The molecule has 2 N–H and O–H groups in total. The first kappa shape index (κ1) is 13.3. The highest BCUT2D eigenvalue weighted by Crippen LogP contribution is 2.29. The zero-order valence-corrected chi connectivity index (χ0v) is 12.2. The second kappa shape index (κ2) is 4.71. The van der Waals surface area contributed by atoms with Gasteiger partial charge in [-0.2, -0.15) is 0 Å². The van der Waals surface area contributed by atoms with Crippen molar-refractivity contribution in [1.29, 1.82) is 0 Å². The fourth-order valence-electron chi connectivity index (χ4n) is 2.01. The molecule has 3 rings (SSSR count). The molecule has 0 aliphatic carbocycles. The third kappa shape index (κ3) is 2.05. The summed E-state index contributed by atoms with van der Waals surface area (Å²) in [4.78, 5) is 4.12. The minimum atomic E-state index is -0.730. The molecule has 0 saturated heterocycles. The predicted molar refractivity (Wildman–Crippen MR) is 78.1 cm³/mol. The van der Waals surface area contributed by atoms with Gasteiger partial charge in [-0.3, -0.25) is 4.57 Å². The molecule has 0 fully saturated rings. The molecular weight excluding hydrogens is 352 g/mol. The van der Waals surface area contributed by atoms with Crippen LogP contribution in [-0.4, -0.2) is 9.55 Å². The molecule has 0 saturated carbocycles. The summed E-state index contributed by atoms with van der Waals surface area (Å²) in [7, 11) is 0. The summed E-state index contributed by atoms with van der Waals surface area (Å²) in [5.41, 5.74) is 7.06. The Hall–Kier alpha value is -1.66. The van der Waals surface area contributed by atoms with Crippen molar-refractivity contribution in [2.45, 2.75) is 0 Å². The number of nitrogens with zero attached hydrogens (tertiary/aromatic N) is 2. The molecule has 1 heterocycles. The molecule has 0 atom stereocenters. The number of aromatic nitrogens is 2. The lowest BCUT2D eigenvalue weighted by molar-refractivity contribution is 0.574. The van der Waals surface area contributed by atoms with E-state index in [9.17, 15) is 8.78 Å². The highest BCUT2D eigenvalue weighted by Gasteiger charge is 2.16. The SMILES string of the molecule is Nc1nc2cc(Cl)ccc2n1-c1cc(Br)c(F)cc1F. The lowest BCUT2D eigenvalue weighted by Crippen LogP contribution is -2.03. The van der Waals surface area contributed by atoms with E-state index in [0.717, 1.165) is 6.07 Å². The topological polar surface area (TPSA) is 43.8 Å². The van der Waals surface area contributed by atoms with E-state index in [1.807, 2.05) is 0 Å². The van der Waals surface area contributed by atoms with Crippen LogP contribution in [0, 0.1) is 11.6 Å². The van der Waals surface area contributed by atoms with Crippen molar-refractivity contribution in [2.75, 3.05) is 5.73 Å². The summed E-state index contributed by atoms with van der Waals surface area (Å²) >= 11 is 8.91. The van der Waals surface area contributed by atoms with Gasteiger partial charge in [0, 0.05) is 11.1 Å². The van der Waals surface area contributed by atoms with Crippen molar-refractivity contribution in [3.8, 4) is 5.69 Å². The second-order valence-electron chi connectivity index (χ2n) is 4.16. The van der Waals surface area contributed by atoms with Gasteiger partial charge in [0.1, 0.15) is 11.6 Å². The van der Waals surface area contributed by atoms with Crippen molar-refractivity contribution in [3.05, 3.63) is 51.5 Å². The van der Waals surface area contributed by atoms with Crippen LogP contribution in [0.5, 0.6) is 0 Å². The first-order valence-corrected chi connectivity index (χ1v) is 6.73. The molecule has 3 nitrogen and oxygen atoms in total. The molecule has 0 amide bonds. The largest absolute Gasteiger partial charge is 0.369 e. The van der Waals surface area contributed by atoms with Crippen molar-refractivity contribution < 1.29 is 8.78 Å². The first-order valence-electron chi connectivity index (χ1n) is 5.56. The van der Waals surface area contributed by atoms with Crippen LogP contribution in [0.1, 0.15) is 0 Å². The molecular formula is C13H7BrClF2N3. The third-order valence-electron chi connectivity index (χ3n) is 2.87. The summed E-state index contributed by atoms with van der Waals surface area (Å²) in [5.74, 6) is -1.32. The molecule has 102 valence electrons. The summed E-state index contributed by atoms with van der Waals surface area (Å²) in [5, 5.41) is 0.503. The van der Waals surface area contributed by atoms with Crippen molar-refractivity contribution in [3.63, 3.8) is 0 Å². The number of nitrogens with two attached hydrogens (primary N) is 1. The van der Waals surface area contributed by atoms with E-state index in [0.29, 0.717) is 16.1 Å². The number of fused-ring (bicyclic) bond motifs is 1. The lowest BCUT2D eigenvalue weighted by atomic mass is 10.2. The van der Waals surface area contributed by atoms with Gasteiger partial charge in [0.2, 0.25) is 5.95 Å². The van der Waals surface area contributed by atoms with Crippen LogP contribution in [0.25, 0.3) is 16.7 Å². The number of nitrogen functional groups attached to an aromatic ring is 1. The van der Waals surface area contributed by atoms with Crippen molar-refractivity contribution in [1.82, 2.24) is 9.55 Å². The molecule has 3 aromatic rings. The molecule has 20 heavy (non-hydrogen) atoms. The average Bonchev–Trinajstić information content (AvgIpc) is 2.69. The summed E-state index contributed by atoms with van der Waals surface area (Å²) in [6.45, 7) is 0. The number of hydrogen-bond acceptors (Lipinski definition) is 2. The lowest BCUT2D eigenvalue weighted by Gasteiger charge is -2.09. The van der Waals surface area contributed by atoms with Crippen LogP contribution in [-0.2, 0) is 0 Å². The Morgan fingerprint density at radius 2 is 1.90 bits per heavy atom. The number of imidazole rings is 1. The molecule has 0 aliphatic rings. The second-order valence-corrected chi connectivity index (χ2v) is 5.45. The van der Waals surface area contributed by atoms with Crippen LogP contribution >= 0.6 is 27.5 Å². The Kier molecular flexibility index (Phi) is 3.14. The van der Waals surface area contributed by atoms with Gasteiger partial charge in [0.05, 0.1) is 21.2 Å². The van der Waals surface area contributed by atoms with E-state index in [4.69, 9.17) is 17.3 Å². The van der Waals surface area contributed by atoms with Crippen LogP contribution in [0.2, 0.25) is 5.02 Å². The highest BCUT2D eigenvalue weighted by atomic mass is 79.9. The maximum atomic E-state index is 14.0. The Morgan fingerprint density at radius 1 is 1.15 bits per heavy atom. The Morgan fingerprint density at radius 3 is 2.65 bits per heavy atom. The number of hydrogen-bond donors (Lipinski definition) is 1. The quantitative estimate of drug-likeness (QED) is 0.659. The van der Waals surface area contributed by atoms with Crippen LogP contribution < -0.4 is 5.73 Å². The van der Waals surface area contributed by atoms with Gasteiger partial charge in [-0.25, -0.2) is 13.8 Å². The third-order valence-corrected chi connectivity index (χ3v) is 3.72. The first-order chi connectivity index (χ1) is 9.47. The average molecular weight is 359 g/mol. The van der Waals surface area contributed by atoms with E-state index in [1.165, 1.54) is 10.6 Å². The molecule has 1 aromatic heterocycles. The molecule has 0 bridgehead atoms. The normalized spacial score (nSPS) is 11.2. The van der Waals surface area contributed by atoms with E-state index in [-0.39, 0.29) is 16.1 Å². The molecule has 7 heteroatoms. The van der Waals surface area contributed by atoms with Crippen LogP contribution in [0.3, 0.4) is 0 Å². The molecule has 0 radical (unpaired) electrons. The Bertz CT molecular complexity index is 832. The summed E-state index contributed by atoms with van der Waals surface area (Å²) in [6, 6.07) is 7.06. The predicted octanol–water partition coefficient (Wildman–Crippen LogP) is 4.30. The standard InChI is InChI=1S/C13H7BrClF2N3/c14-7-4-12(9(17)5-8(7)16)20-11-2-1-6(15)3-10(11)19-13(20)18/h1-5H,(H2,18,19). The Balaban J connectivity index is 2.35. The summed E-state index contributed by atoms with van der Waals surface area (Å²) in [6.07, 6.45) is 0. The van der Waals surface area contributed by atoms with Gasteiger partial charge < -0.3 is 5.73 Å². The van der Waals surface area contributed by atoms with Gasteiger partial charge >= 0.3 is 0 Å². The van der Waals surface area contributed by atoms with Gasteiger partial charge in [-0.1, -0.05) is 11.6 Å². The van der Waals surface area contributed by atoms with Crippen molar-refractivity contribution >= 4 is 44.5 Å². The maximum Gasteiger partial charge on any atom is 0.206 e. The fourth-order valence-corrected chi connectivity index (χ4v) is 2.51. The van der Waals surface area contributed by atoms with E-state index in [2.05, 4.69) is 20.9 Å². The highest BCUT2D eigenvalue weighted by molar-refractivity contribution is 9.10. The number of halogens is 4. The maximum absolute atomic E-state index is 14.0. The van der Waals surface area contributed by atoms with E-state index >= 15 is 0 Å². The Labute approximate surface area is 126 Å². The molecule has 2 aromatic carbocycles. The van der Waals surface area contributed by atoms with E-state index < -0.39 is 11.6 Å². The minimum Gasteiger partial charge on any atom is -0.369 e. The monoisotopic (exact) mass is 357 g/mol. The molecule has 0 spiro atoms. The number of rotatable bonds is 1. The van der Waals surface area contributed by atoms with Crippen molar-refractivity contribution in [2.24, 2.45) is 0 Å².